The number of fused-ring (bicyclic) bond motifs is 1. The number of pyridine rings is 1. The van der Waals surface area contributed by atoms with Crippen molar-refractivity contribution in [3.63, 3.8) is 0 Å². The van der Waals surface area contributed by atoms with Crippen molar-refractivity contribution < 1.29 is 15.0 Å². The molecule has 7 heteroatoms. The number of carboxylic acid groups (broad SMARTS) is 1. The molecule has 0 spiro atoms. The van der Waals surface area contributed by atoms with E-state index >= 15 is 0 Å². The molecule has 1 aliphatic heterocycles. The highest BCUT2D eigenvalue weighted by Crippen LogP contribution is 2.32. The van der Waals surface area contributed by atoms with Gasteiger partial charge >= 0.3 is 5.97 Å². The van der Waals surface area contributed by atoms with Crippen LogP contribution >= 0.6 is 0 Å². The smallest absolute Gasteiger partial charge is 0.335 e. The van der Waals surface area contributed by atoms with Crippen LogP contribution in [0.25, 0.3) is 10.9 Å². The standard InChI is InChI=1S/C27H26N4O3/c32-26-24(22-15-19(27(33)34)9-10-23(22)30-26)25(20-7-5-11-28-16-20)29-21-8-4-6-18(14-21)17-31-12-2-1-3-13-31/h4-11,14-16,30,32H,1-3,12-13,17H2,(H,33,34). The van der Waals surface area contributed by atoms with Crippen molar-refractivity contribution in [3.8, 4) is 5.88 Å². The second kappa shape index (κ2) is 9.49. The molecule has 0 radical (unpaired) electrons. The zero-order valence-corrected chi connectivity index (χ0v) is 18.7. The molecule has 3 N–H and O–H groups in total. The molecular weight excluding hydrogens is 428 g/mol. The van der Waals surface area contributed by atoms with Gasteiger partial charge in [-0.05, 0) is 74.0 Å². The second-order valence-corrected chi connectivity index (χ2v) is 8.62. The number of carbonyl (C=O) groups is 1. The lowest BCUT2D eigenvalue weighted by atomic mass is 10.0. The predicted molar refractivity (Wildman–Crippen MR) is 132 cm³/mol. The molecule has 0 aliphatic carbocycles. The minimum absolute atomic E-state index is 0.0652. The second-order valence-electron chi connectivity index (χ2n) is 8.62. The predicted octanol–water partition coefficient (Wildman–Crippen LogP) is 5.12. The maximum absolute atomic E-state index is 11.6. The third kappa shape index (κ3) is 4.56. The van der Waals surface area contributed by atoms with Crippen molar-refractivity contribution in [2.45, 2.75) is 25.8 Å². The van der Waals surface area contributed by atoms with E-state index in [1.54, 1.807) is 24.5 Å². The average Bonchev–Trinajstić information content (AvgIpc) is 3.18. The van der Waals surface area contributed by atoms with E-state index in [-0.39, 0.29) is 11.4 Å². The lowest BCUT2D eigenvalue weighted by Gasteiger charge is -2.26. The fourth-order valence-electron chi connectivity index (χ4n) is 4.55. The number of aromatic hydroxyl groups is 1. The fraction of sp³-hybridized carbons (Fsp3) is 0.222. The van der Waals surface area contributed by atoms with E-state index in [9.17, 15) is 15.0 Å². The molecule has 2 aromatic heterocycles. The van der Waals surface area contributed by atoms with Gasteiger partial charge < -0.3 is 15.2 Å². The van der Waals surface area contributed by atoms with E-state index in [2.05, 4.69) is 27.0 Å². The molecule has 1 fully saturated rings. The van der Waals surface area contributed by atoms with Gasteiger partial charge in [0.2, 0.25) is 0 Å². The van der Waals surface area contributed by atoms with E-state index in [0.29, 0.717) is 22.2 Å². The minimum atomic E-state index is -1.03. The summed E-state index contributed by atoms with van der Waals surface area (Å²) in [7, 11) is 0. The quantitative estimate of drug-likeness (QED) is 0.351. The number of nitrogens with one attached hydrogen (secondary N) is 1. The van der Waals surface area contributed by atoms with Crippen LogP contribution in [0, 0.1) is 0 Å². The molecule has 0 saturated carbocycles. The molecule has 7 nitrogen and oxygen atoms in total. The van der Waals surface area contributed by atoms with Gasteiger partial charge in [0.25, 0.3) is 0 Å². The molecule has 172 valence electrons. The summed E-state index contributed by atoms with van der Waals surface area (Å²) in [5.41, 5.74) is 4.42. The van der Waals surface area contributed by atoms with Gasteiger partial charge in [-0.25, -0.2) is 9.79 Å². The fourth-order valence-corrected chi connectivity index (χ4v) is 4.55. The Kier molecular flexibility index (Phi) is 6.10. The lowest BCUT2D eigenvalue weighted by molar-refractivity contribution is 0.0697. The first-order valence-corrected chi connectivity index (χ1v) is 11.5. The Bertz CT molecular complexity index is 1360. The summed E-state index contributed by atoms with van der Waals surface area (Å²) in [5, 5.41) is 20.9. The van der Waals surface area contributed by atoms with Gasteiger partial charge in [0.1, 0.15) is 0 Å². The molecule has 5 rings (SSSR count). The first-order valence-electron chi connectivity index (χ1n) is 11.5. The van der Waals surface area contributed by atoms with Crippen molar-refractivity contribution in [2.75, 3.05) is 13.1 Å². The summed E-state index contributed by atoms with van der Waals surface area (Å²) in [6.45, 7) is 3.11. The highest BCUT2D eigenvalue weighted by molar-refractivity contribution is 6.22. The van der Waals surface area contributed by atoms with Crippen molar-refractivity contribution in [2.24, 2.45) is 4.99 Å². The van der Waals surface area contributed by atoms with Crippen LogP contribution < -0.4 is 0 Å². The summed E-state index contributed by atoms with van der Waals surface area (Å²) >= 11 is 0. The third-order valence-electron chi connectivity index (χ3n) is 6.20. The topological polar surface area (TPSA) is 102 Å². The maximum Gasteiger partial charge on any atom is 0.335 e. The number of aromatic amines is 1. The number of aliphatic imine (C=N–C) groups is 1. The number of nitrogens with zero attached hydrogens (tertiary/aromatic N) is 3. The Balaban J connectivity index is 1.61. The van der Waals surface area contributed by atoms with Gasteiger partial charge in [-0.1, -0.05) is 18.6 Å². The van der Waals surface area contributed by atoms with Crippen LogP contribution in [0.5, 0.6) is 5.88 Å². The highest BCUT2D eigenvalue weighted by Gasteiger charge is 2.20. The van der Waals surface area contributed by atoms with Crippen LogP contribution in [0.2, 0.25) is 0 Å². The molecule has 1 saturated heterocycles. The summed E-state index contributed by atoms with van der Waals surface area (Å²) in [6, 6.07) is 16.5. The number of benzene rings is 2. The highest BCUT2D eigenvalue weighted by atomic mass is 16.4. The van der Waals surface area contributed by atoms with E-state index in [0.717, 1.165) is 30.9 Å². The zero-order valence-electron chi connectivity index (χ0n) is 18.7. The maximum atomic E-state index is 11.6. The first kappa shape index (κ1) is 21.9. The number of hydrogen-bond acceptors (Lipinski definition) is 5. The summed E-state index contributed by atoms with van der Waals surface area (Å²) in [5.74, 6) is -1.09. The molecule has 34 heavy (non-hydrogen) atoms. The summed E-state index contributed by atoms with van der Waals surface area (Å²) in [6.07, 6.45) is 7.14. The Morgan fingerprint density at radius 1 is 1.03 bits per heavy atom. The van der Waals surface area contributed by atoms with E-state index in [4.69, 9.17) is 4.99 Å². The average molecular weight is 455 g/mol. The lowest BCUT2D eigenvalue weighted by Crippen LogP contribution is -2.28. The Hall–Kier alpha value is -3.97. The van der Waals surface area contributed by atoms with E-state index in [1.165, 1.54) is 30.9 Å². The number of likely N-dealkylation sites (tertiary alicyclic amines) is 1. The number of rotatable bonds is 6. The SMILES string of the molecule is O=C(O)c1ccc2[nH]c(O)c(C(=Nc3cccc(CN4CCCCC4)c3)c3cccnc3)c2c1. The van der Waals surface area contributed by atoms with Gasteiger partial charge in [-0.15, -0.1) is 0 Å². The third-order valence-corrected chi connectivity index (χ3v) is 6.20. The Labute approximate surface area is 197 Å². The molecule has 0 bridgehead atoms. The van der Waals surface area contributed by atoms with Crippen molar-refractivity contribution >= 4 is 28.3 Å². The summed E-state index contributed by atoms with van der Waals surface area (Å²) < 4.78 is 0. The molecule has 4 aromatic rings. The van der Waals surface area contributed by atoms with Crippen LogP contribution in [-0.4, -0.2) is 49.9 Å². The largest absolute Gasteiger partial charge is 0.494 e. The first-order chi connectivity index (χ1) is 16.6. The number of hydrogen-bond donors (Lipinski definition) is 3. The molecule has 2 aromatic carbocycles. The Morgan fingerprint density at radius 2 is 1.88 bits per heavy atom. The van der Waals surface area contributed by atoms with Crippen LogP contribution in [0.3, 0.4) is 0 Å². The summed E-state index contributed by atoms with van der Waals surface area (Å²) in [4.78, 5) is 26.2. The molecule has 0 amide bonds. The molecular formula is C27H26N4O3. The van der Waals surface area contributed by atoms with Crippen LogP contribution in [0.1, 0.15) is 46.3 Å². The van der Waals surface area contributed by atoms with Crippen LogP contribution in [0.15, 0.2) is 72.0 Å². The van der Waals surface area contributed by atoms with Gasteiger partial charge in [0, 0.05) is 35.4 Å². The van der Waals surface area contributed by atoms with Gasteiger partial charge in [-0.3, -0.25) is 9.88 Å². The normalized spacial score (nSPS) is 15.0. The van der Waals surface area contributed by atoms with Crippen molar-refractivity contribution in [1.82, 2.24) is 14.9 Å². The Morgan fingerprint density at radius 3 is 2.65 bits per heavy atom. The van der Waals surface area contributed by atoms with Crippen molar-refractivity contribution in [3.05, 3.63) is 89.2 Å². The number of aromatic carboxylic acids is 1. The number of carboxylic acids is 1. The number of aromatic nitrogens is 2. The van der Waals surface area contributed by atoms with Crippen LogP contribution in [-0.2, 0) is 6.54 Å². The number of piperidine rings is 1. The van der Waals surface area contributed by atoms with E-state index < -0.39 is 5.97 Å². The van der Waals surface area contributed by atoms with Gasteiger partial charge in [0.05, 0.1) is 22.5 Å². The molecule has 3 heterocycles. The number of H-pyrrole nitrogens is 1. The van der Waals surface area contributed by atoms with Crippen LogP contribution in [0.4, 0.5) is 5.69 Å². The van der Waals surface area contributed by atoms with Gasteiger partial charge in [0.15, 0.2) is 5.88 Å². The van der Waals surface area contributed by atoms with Crippen molar-refractivity contribution in [1.29, 1.82) is 0 Å². The monoisotopic (exact) mass is 454 g/mol. The molecule has 0 atom stereocenters. The van der Waals surface area contributed by atoms with Gasteiger partial charge in [-0.2, -0.15) is 0 Å². The zero-order chi connectivity index (χ0) is 23.5. The molecule has 0 unspecified atom stereocenters. The minimum Gasteiger partial charge on any atom is -0.494 e. The van der Waals surface area contributed by atoms with E-state index in [1.807, 2.05) is 24.3 Å². The molecule has 1 aliphatic rings.